The maximum atomic E-state index is 13.6. The number of benzene rings is 1. The Morgan fingerprint density at radius 1 is 1.12 bits per heavy atom. The summed E-state index contributed by atoms with van der Waals surface area (Å²) < 4.78 is 91.0. The van der Waals surface area contributed by atoms with E-state index in [2.05, 4.69) is 21.0 Å². The first-order valence-electron chi connectivity index (χ1n) is 5.89. The third-order valence-corrected chi connectivity index (χ3v) is 3.55. The molecule has 12 heteroatoms. The van der Waals surface area contributed by atoms with Gasteiger partial charge in [-0.25, -0.2) is 17.6 Å². The van der Waals surface area contributed by atoms with Gasteiger partial charge in [0.15, 0.2) is 29.0 Å². The van der Waals surface area contributed by atoms with Gasteiger partial charge in [0, 0.05) is 13.1 Å². The lowest BCUT2D eigenvalue weighted by Gasteiger charge is -2.09. The second-order valence-electron chi connectivity index (χ2n) is 4.44. The van der Waals surface area contributed by atoms with Crippen LogP contribution in [0.25, 0.3) is 0 Å². The zero-order chi connectivity index (χ0) is 18.4. The summed E-state index contributed by atoms with van der Waals surface area (Å²) in [7, 11) is 0.889. The van der Waals surface area contributed by atoms with Gasteiger partial charge in [0.05, 0.1) is 4.47 Å². The molecule has 0 aliphatic heterocycles. The van der Waals surface area contributed by atoms with Crippen molar-refractivity contribution in [3.63, 3.8) is 0 Å². The van der Waals surface area contributed by atoms with E-state index in [-0.39, 0.29) is 0 Å². The summed E-state index contributed by atoms with van der Waals surface area (Å²) in [6.07, 6.45) is -4.83. The molecule has 2 aromatic rings. The molecule has 0 unspecified atom stereocenters. The number of amides is 1. The lowest BCUT2D eigenvalue weighted by atomic mass is 10.2. The molecule has 4 nitrogen and oxygen atoms in total. The predicted octanol–water partition coefficient (Wildman–Crippen LogP) is 4.01. The molecule has 0 saturated carbocycles. The molecule has 130 valence electrons. The first-order valence-corrected chi connectivity index (χ1v) is 6.68. The van der Waals surface area contributed by atoms with Crippen molar-refractivity contribution >= 4 is 27.5 Å². The van der Waals surface area contributed by atoms with E-state index in [0.29, 0.717) is 10.7 Å². The zero-order valence-corrected chi connectivity index (χ0v) is 13.0. The molecule has 0 bridgehead atoms. The highest BCUT2D eigenvalue weighted by Gasteiger charge is 2.36. The summed E-state index contributed by atoms with van der Waals surface area (Å²) in [5, 5.41) is 4.70. The molecule has 0 saturated heterocycles. The topological polar surface area (TPSA) is 46.9 Å². The number of carbonyl (C=O) groups is 1. The van der Waals surface area contributed by atoms with Crippen LogP contribution in [0.5, 0.6) is 0 Å². The van der Waals surface area contributed by atoms with Crippen LogP contribution < -0.4 is 5.32 Å². The van der Waals surface area contributed by atoms with Crippen molar-refractivity contribution in [1.29, 1.82) is 0 Å². The van der Waals surface area contributed by atoms with Crippen LogP contribution in [-0.2, 0) is 13.2 Å². The van der Waals surface area contributed by atoms with Crippen molar-refractivity contribution in [2.75, 3.05) is 5.32 Å². The Hall–Kier alpha value is -2.11. The average molecular weight is 420 g/mol. The van der Waals surface area contributed by atoms with E-state index < -0.39 is 56.9 Å². The van der Waals surface area contributed by atoms with Crippen molar-refractivity contribution in [2.45, 2.75) is 6.18 Å². The first-order chi connectivity index (χ1) is 10.9. The van der Waals surface area contributed by atoms with E-state index in [1.807, 2.05) is 0 Å². The molecule has 1 N–H and O–H groups in total. The van der Waals surface area contributed by atoms with Gasteiger partial charge in [-0.1, -0.05) is 0 Å². The van der Waals surface area contributed by atoms with E-state index in [0.717, 1.165) is 7.05 Å². The molecule has 1 aromatic heterocycles. The number of nitrogens with zero attached hydrogens (tertiary/aromatic N) is 2. The number of aromatic nitrogens is 2. The van der Waals surface area contributed by atoms with Crippen LogP contribution in [0.3, 0.4) is 0 Å². The molecule has 0 fully saturated rings. The summed E-state index contributed by atoms with van der Waals surface area (Å²) >= 11 is 2.28. The summed E-state index contributed by atoms with van der Waals surface area (Å²) in [5.41, 5.74) is -3.65. The number of anilines is 1. The van der Waals surface area contributed by atoms with Crippen LogP contribution in [0.4, 0.5) is 36.4 Å². The second-order valence-corrected chi connectivity index (χ2v) is 5.23. The standard InChI is InChI=1S/C12H5BrF7N3O/c1-23-4(12(18,19)20)2-3(22-23)11(24)21-10-8(16)6(14)5(13)7(15)9(10)17/h2H,1H3,(H,21,24). The Morgan fingerprint density at radius 2 is 1.62 bits per heavy atom. The average Bonchev–Trinajstić information content (AvgIpc) is 2.89. The molecule has 24 heavy (non-hydrogen) atoms. The quantitative estimate of drug-likeness (QED) is 0.454. The maximum Gasteiger partial charge on any atom is 0.433 e. The van der Waals surface area contributed by atoms with Crippen molar-refractivity contribution in [1.82, 2.24) is 9.78 Å². The van der Waals surface area contributed by atoms with Crippen LogP contribution in [0.2, 0.25) is 0 Å². The normalized spacial score (nSPS) is 11.7. The lowest BCUT2D eigenvalue weighted by Crippen LogP contribution is -2.17. The monoisotopic (exact) mass is 419 g/mol. The molecule has 0 aliphatic rings. The highest BCUT2D eigenvalue weighted by Crippen LogP contribution is 2.32. The third-order valence-electron chi connectivity index (χ3n) is 2.85. The van der Waals surface area contributed by atoms with Gasteiger partial charge in [0.1, 0.15) is 11.4 Å². The molecule has 0 spiro atoms. The van der Waals surface area contributed by atoms with Gasteiger partial charge in [-0.05, 0) is 15.9 Å². The van der Waals surface area contributed by atoms with Crippen LogP contribution in [-0.4, -0.2) is 15.7 Å². The van der Waals surface area contributed by atoms with Crippen molar-refractivity contribution < 1.29 is 35.5 Å². The minimum absolute atomic E-state index is 0.316. The molecular weight excluding hydrogens is 415 g/mol. The van der Waals surface area contributed by atoms with Gasteiger partial charge >= 0.3 is 6.18 Å². The Labute approximate surface area is 137 Å². The van der Waals surface area contributed by atoms with Gasteiger partial charge in [0.2, 0.25) is 0 Å². The van der Waals surface area contributed by atoms with Crippen LogP contribution in [0.15, 0.2) is 10.5 Å². The Balaban J connectivity index is 2.42. The number of nitrogens with one attached hydrogen (secondary N) is 1. The fraction of sp³-hybridized carbons (Fsp3) is 0.167. The maximum absolute atomic E-state index is 13.6. The van der Waals surface area contributed by atoms with Gasteiger partial charge in [-0.2, -0.15) is 18.3 Å². The van der Waals surface area contributed by atoms with Crippen molar-refractivity contribution in [3.8, 4) is 0 Å². The highest BCUT2D eigenvalue weighted by molar-refractivity contribution is 9.10. The summed E-state index contributed by atoms with van der Waals surface area (Å²) in [6, 6.07) is 0.316. The SMILES string of the molecule is Cn1nc(C(=O)Nc2c(F)c(F)c(Br)c(F)c2F)cc1C(F)(F)F. The Kier molecular flexibility index (Phi) is 4.61. The summed E-state index contributed by atoms with van der Waals surface area (Å²) in [4.78, 5) is 11.8. The van der Waals surface area contributed by atoms with Crippen LogP contribution >= 0.6 is 15.9 Å². The molecular formula is C12H5BrF7N3O. The number of aryl methyl sites for hydroxylation is 1. The number of halogens is 8. The zero-order valence-electron chi connectivity index (χ0n) is 11.4. The number of alkyl halides is 3. The van der Waals surface area contributed by atoms with Crippen molar-refractivity contribution in [3.05, 3.63) is 45.2 Å². The number of carbonyl (C=O) groups excluding carboxylic acids is 1. The highest BCUT2D eigenvalue weighted by atomic mass is 79.9. The second kappa shape index (κ2) is 6.07. The van der Waals surface area contributed by atoms with Crippen molar-refractivity contribution in [2.24, 2.45) is 7.05 Å². The molecule has 1 amide bonds. The smallest absolute Gasteiger partial charge is 0.315 e. The molecule has 0 radical (unpaired) electrons. The van der Waals surface area contributed by atoms with E-state index >= 15 is 0 Å². The Morgan fingerprint density at radius 3 is 2.04 bits per heavy atom. The van der Waals surface area contributed by atoms with E-state index in [1.54, 1.807) is 0 Å². The summed E-state index contributed by atoms with van der Waals surface area (Å²) in [5.74, 6) is -8.98. The van der Waals surface area contributed by atoms with E-state index in [1.165, 1.54) is 5.32 Å². The first kappa shape index (κ1) is 18.2. The number of hydrogen-bond donors (Lipinski definition) is 1. The van der Waals surface area contributed by atoms with E-state index in [4.69, 9.17) is 0 Å². The number of rotatable bonds is 2. The fourth-order valence-electron chi connectivity index (χ4n) is 1.74. The van der Waals surface area contributed by atoms with Gasteiger partial charge < -0.3 is 5.32 Å². The molecule has 0 atom stereocenters. The van der Waals surface area contributed by atoms with Gasteiger partial charge in [-0.15, -0.1) is 0 Å². The fourth-order valence-corrected chi connectivity index (χ4v) is 2.08. The largest absolute Gasteiger partial charge is 0.433 e. The van der Waals surface area contributed by atoms with E-state index in [9.17, 15) is 35.5 Å². The summed E-state index contributed by atoms with van der Waals surface area (Å²) in [6.45, 7) is 0. The van der Waals surface area contributed by atoms with Gasteiger partial charge in [0.25, 0.3) is 5.91 Å². The lowest BCUT2D eigenvalue weighted by molar-refractivity contribution is -0.143. The minimum atomic E-state index is -4.83. The van der Waals surface area contributed by atoms with Crippen LogP contribution in [0, 0.1) is 23.3 Å². The molecule has 1 heterocycles. The molecule has 1 aromatic carbocycles. The minimum Gasteiger partial charge on any atom is -0.315 e. The van der Waals surface area contributed by atoms with Crippen LogP contribution in [0.1, 0.15) is 16.2 Å². The molecule has 0 aliphatic carbocycles. The third kappa shape index (κ3) is 3.09. The molecule has 2 rings (SSSR count). The Bertz CT molecular complexity index is 802. The number of hydrogen-bond acceptors (Lipinski definition) is 2. The van der Waals surface area contributed by atoms with Gasteiger partial charge in [-0.3, -0.25) is 9.48 Å². The predicted molar refractivity (Wildman–Crippen MR) is 70.1 cm³/mol.